The van der Waals surface area contributed by atoms with Crippen LogP contribution in [0.25, 0.3) is 0 Å². The molecule has 2 rings (SSSR count). The van der Waals surface area contributed by atoms with E-state index in [1.807, 2.05) is 18.2 Å². The Morgan fingerprint density at radius 3 is 2.69 bits per heavy atom. The average molecular weight is 282 g/mol. The number of amidine groups is 1. The van der Waals surface area contributed by atoms with E-state index < -0.39 is 0 Å². The molecule has 1 saturated carbocycles. The van der Waals surface area contributed by atoms with E-state index in [0.29, 0.717) is 6.04 Å². The van der Waals surface area contributed by atoms with E-state index in [1.54, 1.807) is 0 Å². The second-order valence-electron chi connectivity index (χ2n) is 4.27. The van der Waals surface area contributed by atoms with E-state index in [2.05, 4.69) is 27.9 Å². The third kappa shape index (κ3) is 2.07. The van der Waals surface area contributed by atoms with Crippen molar-refractivity contribution in [2.24, 2.45) is 5.73 Å². The Morgan fingerprint density at radius 2 is 2.19 bits per heavy atom. The van der Waals surface area contributed by atoms with E-state index in [4.69, 9.17) is 11.1 Å². The maximum atomic E-state index is 7.59. The summed E-state index contributed by atoms with van der Waals surface area (Å²) in [6.45, 7) is 0. The topological polar surface area (TPSA) is 53.1 Å². The number of nitrogens with one attached hydrogen (secondary N) is 1. The highest BCUT2D eigenvalue weighted by Gasteiger charge is 2.24. The number of nitrogen functional groups attached to an aromatic ring is 1. The predicted octanol–water partition coefficient (Wildman–Crippen LogP) is 2.72. The van der Waals surface area contributed by atoms with Crippen molar-refractivity contribution in [1.82, 2.24) is 0 Å². The summed E-state index contributed by atoms with van der Waals surface area (Å²) in [5.74, 6) is 0.133. The molecule has 0 bridgehead atoms. The van der Waals surface area contributed by atoms with E-state index in [1.165, 1.54) is 19.3 Å². The van der Waals surface area contributed by atoms with Crippen molar-refractivity contribution >= 4 is 27.5 Å². The number of benzene rings is 1. The molecule has 4 heteroatoms. The number of hydrogen-bond donors (Lipinski definition) is 2. The minimum absolute atomic E-state index is 0.133. The lowest BCUT2D eigenvalue weighted by atomic mass is 9.91. The Labute approximate surface area is 104 Å². The predicted molar refractivity (Wildman–Crippen MR) is 71.2 cm³/mol. The van der Waals surface area contributed by atoms with Crippen molar-refractivity contribution in [1.29, 1.82) is 5.41 Å². The van der Waals surface area contributed by atoms with E-state index >= 15 is 0 Å². The normalized spacial score (nSPS) is 15.6. The monoisotopic (exact) mass is 281 g/mol. The van der Waals surface area contributed by atoms with Gasteiger partial charge in [-0.15, -0.1) is 0 Å². The molecule has 0 heterocycles. The lowest BCUT2D eigenvalue weighted by Crippen LogP contribution is -2.38. The highest BCUT2D eigenvalue weighted by molar-refractivity contribution is 9.10. The molecular weight excluding hydrogens is 266 g/mol. The molecule has 1 aliphatic carbocycles. The summed E-state index contributed by atoms with van der Waals surface area (Å²) in [5.41, 5.74) is 7.47. The number of halogens is 1. The van der Waals surface area contributed by atoms with Crippen molar-refractivity contribution in [2.45, 2.75) is 25.3 Å². The van der Waals surface area contributed by atoms with Gasteiger partial charge in [-0.2, -0.15) is 0 Å². The van der Waals surface area contributed by atoms with Crippen molar-refractivity contribution < 1.29 is 0 Å². The second kappa shape index (κ2) is 4.45. The third-order valence-electron chi connectivity index (χ3n) is 3.25. The van der Waals surface area contributed by atoms with E-state index in [-0.39, 0.29) is 5.84 Å². The number of hydrogen-bond acceptors (Lipinski definition) is 2. The lowest BCUT2D eigenvalue weighted by Gasteiger charge is -2.37. The summed E-state index contributed by atoms with van der Waals surface area (Å²) in [6.07, 6.45) is 3.78. The molecule has 0 radical (unpaired) electrons. The maximum absolute atomic E-state index is 7.59. The fraction of sp³-hybridized carbons (Fsp3) is 0.417. The molecule has 3 nitrogen and oxygen atoms in total. The van der Waals surface area contributed by atoms with Crippen LogP contribution in [0.5, 0.6) is 0 Å². The molecule has 16 heavy (non-hydrogen) atoms. The Kier molecular flexibility index (Phi) is 3.19. The molecular formula is C12H16BrN3. The number of nitrogens with zero attached hydrogens (tertiary/aromatic N) is 1. The van der Waals surface area contributed by atoms with Gasteiger partial charge in [0.05, 0.1) is 0 Å². The summed E-state index contributed by atoms with van der Waals surface area (Å²) in [6, 6.07) is 6.47. The molecule has 3 N–H and O–H groups in total. The molecule has 0 aliphatic heterocycles. The average Bonchev–Trinajstić information content (AvgIpc) is 2.14. The minimum Gasteiger partial charge on any atom is -0.384 e. The summed E-state index contributed by atoms with van der Waals surface area (Å²) < 4.78 is 1.03. The van der Waals surface area contributed by atoms with Crippen LogP contribution in [-0.4, -0.2) is 18.9 Å². The lowest BCUT2D eigenvalue weighted by molar-refractivity contribution is 0.401. The molecule has 1 aromatic carbocycles. The summed E-state index contributed by atoms with van der Waals surface area (Å²) >= 11 is 3.46. The minimum atomic E-state index is 0.133. The summed E-state index contributed by atoms with van der Waals surface area (Å²) in [4.78, 5) is 2.24. The SMILES string of the molecule is CN(c1cc(Br)ccc1C(=N)N)C1CCC1. The van der Waals surface area contributed by atoms with Gasteiger partial charge >= 0.3 is 0 Å². The van der Waals surface area contributed by atoms with Crippen molar-refractivity contribution in [2.75, 3.05) is 11.9 Å². The summed E-state index contributed by atoms with van der Waals surface area (Å²) in [5, 5.41) is 7.59. The van der Waals surface area contributed by atoms with Gasteiger partial charge in [-0.05, 0) is 37.5 Å². The highest BCUT2D eigenvalue weighted by atomic mass is 79.9. The Morgan fingerprint density at radius 1 is 1.50 bits per heavy atom. The Bertz CT molecular complexity index is 413. The molecule has 0 aromatic heterocycles. The van der Waals surface area contributed by atoms with Crippen molar-refractivity contribution in [3.05, 3.63) is 28.2 Å². The van der Waals surface area contributed by atoms with Gasteiger partial charge in [0.15, 0.2) is 0 Å². The molecule has 0 atom stereocenters. The van der Waals surface area contributed by atoms with Gasteiger partial charge in [0.25, 0.3) is 0 Å². The third-order valence-corrected chi connectivity index (χ3v) is 3.75. The van der Waals surface area contributed by atoms with Gasteiger partial charge in [0.2, 0.25) is 0 Å². The van der Waals surface area contributed by atoms with Crippen LogP contribution in [0.15, 0.2) is 22.7 Å². The van der Waals surface area contributed by atoms with Gasteiger partial charge in [-0.25, -0.2) is 0 Å². The van der Waals surface area contributed by atoms with Crippen LogP contribution in [0.3, 0.4) is 0 Å². The van der Waals surface area contributed by atoms with Crippen LogP contribution < -0.4 is 10.6 Å². The van der Waals surface area contributed by atoms with Gasteiger partial charge in [-0.3, -0.25) is 5.41 Å². The molecule has 1 fully saturated rings. The fourth-order valence-electron chi connectivity index (χ4n) is 2.00. The number of anilines is 1. The smallest absolute Gasteiger partial charge is 0.124 e. The van der Waals surface area contributed by atoms with Gasteiger partial charge in [0.1, 0.15) is 5.84 Å². The molecule has 0 saturated heterocycles. The van der Waals surface area contributed by atoms with Crippen LogP contribution in [0, 0.1) is 5.41 Å². The van der Waals surface area contributed by atoms with Crippen molar-refractivity contribution in [3.8, 4) is 0 Å². The van der Waals surface area contributed by atoms with E-state index in [0.717, 1.165) is 15.7 Å². The number of rotatable bonds is 3. The zero-order valence-corrected chi connectivity index (χ0v) is 10.9. The molecule has 0 amide bonds. The van der Waals surface area contributed by atoms with Crippen molar-refractivity contribution in [3.63, 3.8) is 0 Å². The van der Waals surface area contributed by atoms with Crippen LogP contribution in [0.4, 0.5) is 5.69 Å². The summed E-state index contributed by atoms with van der Waals surface area (Å²) in [7, 11) is 2.08. The van der Waals surface area contributed by atoms with Crippen LogP contribution >= 0.6 is 15.9 Å². The Hall–Kier alpha value is -1.03. The zero-order chi connectivity index (χ0) is 11.7. The number of nitrogens with two attached hydrogens (primary N) is 1. The zero-order valence-electron chi connectivity index (χ0n) is 9.33. The van der Waals surface area contributed by atoms with E-state index in [9.17, 15) is 0 Å². The first-order valence-corrected chi connectivity index (χ1v) is 6.25. The first kappa shape index (κ1) is 11.5. The first-order chi connectivity index (χ1) is 7.59. The molecule has 1 aromatic rings. The highest BCUT2D eigenvalue weighted by Crippen LogP contribution is 2.31. The largest absolute Gasteiger partial charge is 0.384 e. The first-order valence-electron chi connectivity index (χ1n) is 5.46. The quantitative estimate of drug-likeness (QED) is 0.661. The van der Waals surface area contributed by atoms with Gasteiger partial charge < -0.3 is 10.6 Å². The molecule has 86 valence electrons. The maximum Gasteiger partial charge on any atom is 0.124 e. The molecule has 0 spiro atoms. The van der Waals surface area contributed by atoms with Gasteiger partial charge in [-0.1, -0.05) is 15.9 Å². The van der Waals surface area contributed by atoms with Crippen LogP contribution in [0.2, 0.25) is 0 Å². The fourth-order valence-corrected chi connectivity index (χ4v) is 2.34. The second-order valence-corrected chi connectivity index (χ2v) is 5.19. The van der Waals surface area contributed by atoms with Crippen LogP contribution in [0.1, 0.15) is 24.8 Å². The standard InChI is InChI=1S/C12H16BrN3/c1-16(9-3-2-4-9)11-7-8(13)5-6-10(11)12(14)15/h5-7,9H,2-4H2,1H3,(H3,14,15). The molecule has 0 unspecified atom stereocenters. The molecule has 1 aliphatic rings. The van der Waals surface area contributed by atoms with Gasteiger partial charge in [0, 0.05) is 28.8 Å². The Balaban J connectivity index is 2.36. The van der Waals surface area contributed by atoms with Crippen LogP contribution in [-0.2, 0) is 0 Å².